The van der Waals surface area contributed by atoms with E-state index in [1.807, 2.05) is 0 Å². The highest BCUT2D eigenvalue weighted by molar-refractivity contribution is 5.36. The summed E-state index contributed by atoms with van der Waals surface area (Å²) >= 11 is 0. The zero-order valence-corrected chi connectivity index (χ0v) is 19.7. The minimum absolute atomic E-state index is 0.215. The third-order valence-corrected chi connectivity index (χ3v) is 8.62. The highest BCUT2D eigenvalue weighted by Gasteiger charge is 2.50. The molecule has 0 unspecified atom stereocenters. The summed E-state index contributed by atoms with van der Waals surface area (Å²) in [4.78, 5) is 0. The Balaban J connectivity index is 1.69. The average Bonchev–Trinajstić information content (AvgIpc) is 3.03. The Morgan fingerprint density at radius 1 is 1.17 bits per heavy atom. The number of hydrogen-bond donors (Lipinski definition) is 3. The summed E-state index contributed by atoms with van der Waals surface area (Å²) in [7, 11) is 0. The van der Waals surface area contributed by atoms with Crippen molar-refractivity contribution < 1.29 is 15.3 Å². The first-order chi connectivity index (χ1) is 14.0. The Morgan fingerprint density at radius 3 is 2.60 bits per heavy atom. The second kappa shape index (κ2) is 9.30. The van der Waals surface area contributed by atoms with Gasteiger partial charge in [-0.25, -0.2) is 0 Å². The molecular weight excluding hydrogens is 372 g/mol. The molecular formula is C27H44O3. The fraction of sp³-hybridized carbons (Fsp3) is 0.778. The van der Waals surface area contributed by atoms with Crippen LogP contribution >= 0.6 is 0 Å². The molecule has 3 aliphatic rings. The van der Waals surface area contributed by atoms with Crippen molar-refractivity contribution in [1.82, 2.24) is 0 Å². The fourth-order valence-corrected chi connectivity index (χ4v) is 6.58. The van der Waals surface area contributed by atoms with Gasteiger partial charge in [0.1, 0.15) is 0 Å². The normalized spacial score (nSPS) is 37.4. The zero-order chi connectivity index (χ0) is 22.1. The maximum Gasteiger partial charge on any atom is 0.0849 e. The molecule has 170 valence electrons. The molecule has 3 aliphatic carbocycles. The molecule has 0 radical (unpaired) electrons. The molecule has 0 bridgehead atoms. The molecule has 3 N–H and O–H groups in total. The maximum atomic E-state index is 10.3. The lowest BCUT2D eigenvalue weighted by Gasteiger charge is -2.44. The van der Waals surface area contributed by atoms with E-state index < -0.39 is 11.7 Å². The van der Waals surface area contributed by atoms with Gasteiger partial charge in [0.2, 0.25) is 0 Å². The number of aliphatic hydroxyl groups is 3. The summed E-state index contributed by atoms with van der Waals surface area (Å²) in [5.41, 5.74) is 3.34. The molecule has 3 rings (SSSR count). The van der Waals surface area contributed by atoms with Crippen LogP contribution in [0.4, 0.5) is 0 Å². The van der Waals surface area contributed by atoms with E-state index in [1.54, 1.807) is 19.4 Å². The lowest BCUT2D eigenvalue weighted by molar-refractivity contribution is -0.0554. The van der Waals surface area contributed by atoms with Crippen LogP contribution < -0.4 is 0 Å². The molecule has 3 fully saturated rings. The molecule has 0 saturated heterocycles. The van der Waals surface area contributed by atoms with Crippen LogP contribution in [-0.4, -0.2) is 33.1 Å². The number of fused-ring (bicyclic) bond motifs is 1. The minimum Gasteiger partial charge on any atom is -0.393 e. The van der Waals surface area contributed by atoms with Crippen LogP contribution in [0.5, 0.6) is 0 Å². The van der Waals surface area contributed by atoms with Gasteiger partial charge in [-0.15, -0.1) is 0 Å². The van der Waals surface area contributed by atoms with Crippen molar-refractivity contribution in [2.45, 2.75) is 110 Å². The average molecular weight is 417 g/mol. The van der Waals surface area contributed by atoms with Gasteiger partial charge in [-0.3, -0.25) is 0 Å². The van der Waals surface area contributed by atoms with Crippen LogP contribution in [0.1, 0.15) is 91.9 Å². The molecule has 0 amide bonds. The zero-order valence-electron chi connectivity index (χ0n) is 19.7. The van der Waals surface area contributed by atoms with Crippen LogP contribution in [0.15, 0.2) is 35.5 Å². The lowest BCUT2D eigenvalue weighted by Crippen LogP contribution is -2.38. The summed E-state index contributed by atoms with van der Waals surface area (Å²) in [6, 6.07) is 0. The molecule has 0 aromatic carbocycles. The summed E-state index contributed by atoms with van der Waals surface area (Å²) in [5.74, 6) is 1.89. The van der Waals surface area contributed by atoms with Crippen LogP contribution in [0.2, 0.25) is 0 Å². The number of rotatable bonds is 6. The largest absolute Gasteiger partial charge is 0.393 e. The third kappa shape index (κ3) is 5.11. The smallest absolute Gasteiger partial charge is 0.0849 e. The van der Waals surface area contributed by atoms with Gasteiger partial charge in [0.05, 0.1) is 17.8 Å². The van der Waals surface area contributed by atoms with E-state index in [1.165, 1.54) is 43.3 Å². The van der Waals surface area contributed by atoms with Crippen molar-refractivity contribution >= 4 is 0 Å². The second-order valence-electron chi connectivity index (χ2n) is 11.3. The van der Waals surface area contributed by atoms with Crippen LogP contribution in [0, 0.1) is 23.2 Å². The van der Waals surface area contributed by atoms with Gasteiger partial charge in [-0.2, -0.15) is 0 Å². The van der Waals surface area contributed by atoms with E-state index in [0.717, 1.165) is 25.7 Å². The van der Waals surface area contributed by atoms with Crippen molar-refractivity contribution in [2.75, 3.05) is 0 Å². The van der Waals surface area contributed by atoms with Gasteiger partial charge < -0.3 is 15.3 Å². The Labute approximate surface area is 184 Å². The van der Waals surface area contributed by atoms with Crippen molar-refractivity contribution in [2.24, 2.45) is 23.2 Å². The molecule has 3 saturated carbocycles. The van der Waals surface area contributed by atoms with Gasteiger partial charge >= 0.3 is 0 Å². The van der Waals surface area contributed by atoms with Crippen molar-refractivity contribution in [1.29, 1.82) is 0 Å². The first kappa shape index (κ1) is 23.8. The van der Waals surface area contributed by atoms with E-state index in [4.69, 9.17) is 0 Å². The van der Waals surface area contributed by atoms with E-state index in [-0.39, 0.29) is 6.10 Å². The number of aliphatic hydroxyl groups excluding tert-OH is 2. The highest BCUT2D eigenvalue weighted by atomic mass is 16.3. The monoisotopic (exact) mass is 416 g/mol. The number of allylic oxidation sites excluding steroid dienone is 4. The van der Waals surface area contributed by atoms with E-state index in [0.29, 0.717) is 29.6 Å². The molecule has 0 spiro atoms. The van der Waals surface area contributed by atoms with E-state index in [9.17, 15) is 15.3 Å². The molecule has 6 atom stereocenters. The van der Waals surface area contributed by atoms with Gasteiger partial charge in [0.15, 0.2) is 0 Å². The maximum absolute atomic E-state index is 10.3. The summed E-state index contributed by atoms with van der Waals surface area (Å²) in [5, 5.41) is 30.3. The topological polar surface area (TPSA) is 60.7 Å². The minimum atomic E-state index is -1.02. The molecule has 30 heavy (non-hydrogen) atoms. The van der Waals surface area contributed by atoms with Crippen LogP contribution in [0.25, 0.3) is 0 Å². The van der Waals surface area contributed by atoms with Gasteiger partial charge in [-0.05, 0) is 107 Å². The molecule has 3 heteroatoms. The van der Waals surface area contributed by atoms with Gasteiger partial charge in [-0.1, -0.05) is 43.7 Å². The van der Waals surface area contributed by atoms with Crippen LogP contribution in [-0.2, 0) is 0 Å². The predicted molar refractivity (Wildman–Crippen MR) is 124 cm³/mol. The molecule has 3 nitrogen and oxygen atoms in total. The Morgan fingerprint density at radius 2 is 1.90 bits per heavy atom. The first-order valence-corrected chi connectivity index (χ1v) is 12.2. The SMILES string of the molecule is C=C1CC[C@H](O)C/C1=C/C=C1\CCC[C@]2(C)[C@@H]1CC[C@@H]2[C@H](C)CC[C@@H](O)C(C)(C)O. The van der Waals surface area contributed by atoms with Gasteiger partial charge in [0.25, 0.3) is 0 Å². The Kier molecular flexibility index (Phi) is 7.37. The van der Waals surface area contributed by atoms with Gasteiger partial charge in [0, 0.05) is 0 Å². The van der Waals surface area contributed by atoms with E-state index in [2.05, 4.69) is 32.6 Å². The van der Waals surface area contributed by atoms with Crippen molar-refractivity contribution in [3.63, 3.8) is 0 Å². The fourth-order valence-electron chi connectivity index (χ4n) is 6.58. The first-order valence-electron chi connectivity index (χ1n) is 12.2. The van der Waals surface area contributed by atoms with E-state index >= 15 is 0 Å². The van der Waals surface area contributed by atoms with Crippen molar-refractivity contribution in [3.8, 4) is 0 Å². The Bertz CT molecular complexity index is 683. The number of hydrogen-bond acceptors (Lipinski definition) is 3. The molecule has 0 aromatic heterocycles. The molecule has 0 aliphatic heterocycles. The second-order valence-corrected chi connectivity index (χ2v) is 11.3. The highest BCUT2D eigenvalue weighted by Crippen LogP contribution is 2.60. The Hall–Kier alpha value is -0.900. The summed E-state index contributed by atoms with van der Waals surface area (Å²) in [6.07, 6.45) is 14.1. The standard InChI is InChI=1S/C27H44O3/c1-18-8-12-22(28)17-21(18)11-10-20-7-6-16-27(5)23(13-14-24(20)27)19(2)9-15-25(29)26(3,4)30/h10-11,19,22-25,28-30H,1,6-9,12-17H2,2-5H3/b20-10+,21-11-/t19-,22+,23-,24-,25-,27+/m1/s1. The quantitative estimate of drug-likeness (QED) is 0.520. The van der Waals surface area contributed by atoms with Crippen LogP contribution in [0.3, 0.4) is 0 Å². The third-order valence-electron chi connectivity index (χ3n) is 8.62. The summed E-state index contributed by atoms with van der Waals surface area (Å²) in [6.45, 7) is 12.5. The summed E-state index contributed by atoms with van der Waals surface area (Å²) < 4.78 is 0. The molecule has 0 aromatic rings. The lowest BCUT2D eigenvalue weighted by atomic mass is 9.60. The molecule has 0 heterocycles. The van der Waals surface area contributed by atoms with Crippen molar-refractivity contribution in [3.05, 3.63) is 35.5 Å². The predicted octanol–water partition coefficient (Wildman–Crippen LogP) is 5.70.